The van der Waals surface area contributed by atoms with Crippen LogP contribution in [-0.4, -0.2) is 38.3 Å². The third-order valence-corrected chi connectivity index (χ3v) is 3.59. The van der Waals surface area contributed by atoms with E-state index in [0.717, 1.165) is 19.5 Å². The molecular weight excluding hydrogens is 228 g/mol. The molecule has 0 aromatic heterocycles. The van der Waals surface area contributed by atoms with Gasteiger partial charge in [-0.1, -0.05) is 13.8 Å². The third-order valence-electron chi connectivity index (χ3n) is 3.59. The minimum atomic E-state index is 0.138. The lowest BCUT2D eigenvalue weighted by Crippen LogP contribution is -2.42. The van der Waals surface area contributed by atoms with E-state index in [2.05, 4.69) is 24.5 Å². The molecule has 0 saturated carbocycles. The van der Waals surface area contributed by atoms with Gasteiger partial charge in [0.05, 0.1) is 12.6 Å². The molecule has 1 aliphatic heterocycles. The fourth-order valence-corrected chi connectivity index (χ4v) is 2.22. The molecule has 1 fully saturated rings. The number of carbonyl (C=O) groups excluding carboxylic acids is 1. The standard InChI is InChI=1S/C14H28N2O2/c1-4-18-10-13(11(2)3)16-14(17)6-5-12-7-8-15-9-12/h11-13,15H,4-10H2,1-3H3,(H,16,17). The maximum absolute atomic E-state index is 11.9. The lowest BCUT2D eigenvalue weighted by Gasteiger charge is -2.22. The van der Waals surface area contributed by atoms with Gasteiger partial charge in [0.1, 0.15) is 0 Å². The molecule has 0 bridgehead atoms. The topological polar surface area (TPSA) is 50.4 Å². The van der Waals surface area contributed by atoms with Crippen LogP contribution in [0.1, 0.15) is 40.0 Å². The summed E-state index contributed by atoms with van der Waals surface area (Å²) in [5.74, 6) is 1.26. The van der Waals surface area contributed by atoms with E-state index < -0.39 is 0 Å². The maximum atomic E-state index is 11.9. The molecule has 1 saturated heterocycles. The van der Waals surface area contributed by atoms with Gasteiger partial charge in [-0.2, -0.15) is 0 Å². The molecule has 2 atom stereocenters. The Hall–Kier alpha value is -0.610. The average Bonchev–Trinajstić information content (AvgIpc) is 2.84. The molecule has 106 valence electrons. The van der Waals surface area contributed by atoms with Gasteiger partial charge in [-0.05, 0) is 44.7 Å². The van der Waals surface area contributed by atoms with Crippen LogP contribution < -0.4 is 10.6 Å². The number of ether oxygens (including phenoxy) is 1. The van der Waals surface area contributed by atoms with Gasteiger partial charge in [-0.25, -0.2) is 0 Å². The van der Waals surface area contributed by atoms with Crippen LogP contribution in [0.5, 0.6) is 0 Å². The Morgan fingerprint density at radius 1 is 1.50 bits per heavy atom. The Morgan fingerprint density at radius 2 is 2.28 bits per heavy atom. The van der Waals surface area contributed by atoms with E-state index in [1.807, 2.05) is 6.92 Å². The Kier molecular flexibility index (Phi) is 7.28. The zero-order valence-corrected chi connectivity index (χ0v) is 12.0. The second-order valence-corrected chi connectivity index (χ2v) is 5.47. The smallest absolute Gasteiger partial charge is 0.220 e. The highest BCUT2D eigenvalue weighted by molar-refractivity contribution is 5.76. The van der Waals surface area contributed by atoms with Gasteiger partial charge >= 0.3 is 0 Å². The highest BCUT2D eigenvalue weighted by atomic mass is 16.5. The van der Waals surface area contributed by atoms with Crippen molar-refractivity contribution in [2.75, 3.05) is 26.3 Å². The molecular formula is C14H28N2O2. The lowest BCUT2D eigenvalue weighted by molar-refractivity contribution is -0.122. The van der Waals surface area contributed by atoms with Crippen LogP contribution in [0.3, 0.4) is 0 Å². The number of rotatable bonds is 8. The van der Waals surface area contributed by atoms with Crippen molar-refractivity contribution in [3.05, 3.63) is 0 Å². The highest BCUT2D eigenvalue weighted by Crippen LogP contribution is 2.14. The summed E-state index contributed by atoms with van der Waals surface area (Å²) in [5.41, 5.74) is 0. The summed E-state index contributed by atoms with van der Waals surface area (Å²) < 4.78 is 5.41. The summed E-state index contributed by atoms with van der Waals surface area (Å²) in [5, 5.41) is 6.42. The van der Waals surface area contributed by atoms with Crippen molar-refractivity contribution in [2.45, 2.75) is 46.1 Å². The number of nitrogens with one attached hydrogen (secondary N) is 2. The van der Waals surface area contributed by atoms with Crippen molar-refractivity contribution in [2.24, 2.45) is 11.8 Å². The molecule has 0 radical (unpaired) electrons. The molecule has 1 aliphatic rings. The van der Waals surface area contributed by atoms with Crippen molar-refractivity contribution in [3.8, 4) is 0 Å². The van der Waals surface area contributed by atoms with E-state index in [1.165, 1.54) is 6.42 Å². The van der Waals surface area contributed by atoms with Crippen LogP contribution in [0.15, 0.2) is 0 Å². The highest BCUT2D eigenvalue weighted by Gasteiger charge is 2.19. The minimum Gasteiger partial charge on any atom is -0.380 e. The van der Waals surface area contributed by atoms with E-state index >= 15 is 0 Å². The average molecular weight is 256 g/mol. The second-order valence-electron chi connectivity index (χ2n) is 5.47. The monoisotopic (exact) mass is 256 g/mol. The molecule has 0 spiro atoms. The van der Waals surface area contributed by atoms with E-state index in [4.69, 9.17) is 4.74 Å². The molecule has 1 amide bonds. The van der Waals surface area contributed by atoms with Crippen molar-refractivity contribution < 1.29 is 9.53 Å². The molecule has 4 heteroatoms. The molecule has 2 unspecified atom stereocenters. The molecule has 2 N–H and O–H groups in total. The summed E-state index contributed by atoms with van der Waals surface area (Å²) in [6, 6.07) is 0.138. The zero-order chi connectivity index (χ0) is 13.4. The number of amides is 1. The molecule has 0 aromatic carbocycles. The first-order valence-corrected chi connectivity index (χ1v) is 7.21. The molecule has 0 aliphatic carbocycles. The molecule has 18 heavy (non-hydrogen) atoms. The molecule has 1 heterocycles. The second kappa shape index (κ2) is 8.48. The van der Waals surface area contributed by atoms with Crippen LogP contribution in [0.4, 0.5) is 0 Å². The minimum absolute atomic E-state index is 0.138. The summed E-state index contributed by atoms with van der Waals surface area (Å²) in [6.07, 6.45) is 2.85. The number of carbonyl (C=O) groups is 1. The summed E-state index contributed by atoms with van der Waals surface area (Å²) in [6.45, 7) is 9.70. The van der Waals surface area contributed by atoms with Gasteiger partial charge in [-0.3, -0.25) is 4.79 Å². The normalized spacial score (nSPS) is 21.2. The van der Waals surface area contributed by atoms with Crippen LogP contribution in [0.25, 0.3) is 0 Å². The SMILES string of the molecule is CCOCC(NC(=O)CCC1CCNC1)C(C)C. The van der Waals surface area contributed by atoms with E-state index in [0.29, 0.717) is 31.5 Å². The van der Waals surface area contributed by atoms with Crippen molar-refractivity contribution in [3.63, 3.8) is 0 Å². The fraction of sp³-hybridized carbons (Fsp3) is 0.929. The predicted molar refractivity (Wildman–Crippen MR) is 73.5 cm³/mol. The fourth-order valence-electron chi connectivity index (χ4n) is 2.22. The van der Waals surface area contributed by atoms with Crippen LogP contribution >= 0.6 is 0 Å². The van der Waals surface area contributed by atoms with Crippen LogP contribution in [-0.2, 0) is 9.53 Å². The zero-order valence-electron chi connectivity index (χ0n) is 12.0. The van der Waals surface area contributed by atoms with E-state index in [1.54, 1.807) is 0 Å². The van der Waals surface area contributed by atoms with Gasteiger partial charge in [-0.15, -0.1) is 0 Å². The molecule has 1 rings (SSSR count). The Labute approximate surface area is 111 Å². The van der Waals surface area contributed by atoms with Gasteiger partial charge in [0.15, 0.2) is 0 Å². The largest absolute Gasteiger partial charge is 0.380 e. The maximum Gasteiger partial charge on any atom is 0.220 e. The Morgan fingerprint density at radius 3 is 2.83 bits per heavy atom. The summed E-state index contributed by atoms with van der Waals surface area (Å²) in [7, 11) is 0. The first-order valence-electron chi connectivity index (χ1n) is 7.21. The third kappa shape index (κ3) is 5.83. The van der Waals surface area contributed by atoms with Crippen LogP contribution in [0.2, 0.25) is 0 Å². The van der Waals surface area contributed by atoms with Gasteiger partial charge in [0, 0.05) is 13.0 Å². The van der Waals surface area contributed by atoms with E-state index in [9.17, 15) is 4.79 Å². The first-order chi connectivity index (χ1) is 8.63. The summed E-state index contributed by atoms with van der Waals surface area (Å²) in [4.78, 5) is 11.9. The Balaban J connectivity index is 2.22. The number of hydrogen-bond donors (Lipinski definition) is 2. The predicted octanol–water partition coefficient (Wildman–Crippen LogP) is 1.55. The first kappa shape index (κ1) is 15.4. The van der Waals surface area contributed by atoms with Gasteiger partial charge < -0.3 is 15.4 Å². The Bertz CT molecular complexity index is 238. The van der Waals surface area contributed by atoms with Crippen molar-refractivity contribution >= 4 is 5.91 Å². The van der Waals surface area contributed by atoms with E-state index in [-0.39, 0.29) is 11.9 Å². The van der Waals surface area contributed by atoms with Crippen LogP contribution in [0, 0.1) is 11.8 Å². The molecule has 4 nitrogen and oxygen atoms in total. The lowest BCUT2D eigenvalue weighted by atomic mass is 10.0. The van der Waals surface area contributed by atoms with Gasteiger partial charge in [0.25, 0.3) is 0 Å². The summed E-state index contributed by atoms with van der Waals surface area (Å²) >= 11 is 0. The van der Waals surface area contributed by atoms with Crippen molar-refractivity contribution in [1.82, 2.24) is 10.6 Å². The van der Waals surface area contributed by atoms with Crippen molar-refractivity contribution in [1.29, 1.82) is 0 Å². The van der Waals surface area contributed by atoms with Gasteiger partial charge in [0.2, 0.25) is 5.91 Å². The molecule has 0 aromatic rings. The number of hydrogen-bond acceptors (Lipinski definition) is 3. The quantitative estimate of drug-likeness (QED) is 0.693.